The molecular weight excluding hydrogens is 663 g/mol. The maximum atomic E-state index is 2.49. The first-order valence-corrected chi connectivity index (χ1v) is 19.5. The highest BCUT2D eigenvalue weighted by atomic mass is 15.2. The molecule has 0 radical (unpaired) electrons. The molecule has 0 amide bonds. The first kappa shape index (κ1) is 32.0. The van der Waals surface area contributed by atoms with E-state index in [9.17, 15) is 0 Å². The minimum atomic E-state index is -0.178. The van der Waals surface area contributed by atoms with Gasteiger partial charge in [0.25, 0.3) is 0 Å². The molecule has 0 fully saturated rings. The van der Waals surface area contributed by atoms with Crippen molar-refractivity contribution in [2.24, 2.45) is 0 Å². The molecule has 9 aromatic carbocycles. The van der Waals surface area contributed by atoms with Crippen LogP contribution in [0.1, 0.15) is 49.9 Å². The molecule has 0 bridgehead atoms. The number of hydrogen-bond acceptors (Lipinski definition) is 1. The predicted molar refractivity (Wildman–Crippen MR) is 234 cm³/mol. The van der Waals surface area contributed by atoms with Crippen LogP contribution in [0.4, 0.5) is 17.1 Å². The van der Waals surface area contributed by atoms with Crippen LogP contribution in [0, 0.1) is 0 Å². The Labute approximate surface area is 323 Å². The largest absolute Gasteiger partial charge is 0.310 e. The van der Waals surface area contributed by atoms with E-state index >= 15 is 0 Å². The molecule has 0 saturated carbocycles. The Morgan fingerprint density at radius 1 is 0.309 bits per heavy atom. The average Bonchev–Trinajstić information content (AvgIpc) is 3.46. The number of benzene rings is 9. The Kier molecular flexibility index (Phi) is 6.72. The van der Waals surface area contributed by atoms with Crippen LogP contribution in [-0.2, 0) is 10.8 Å². The van der Waals surface area contributed by atoms with Crippen LogP contribution in [0.5, 0.6) is 0 Å². The summed E-state index contributed by atoms with van der Waals surface area (Å²) in [5, 5.41) is 7.82. The van der Waals surface area contributed by atoms with Crippen LogP contribution in [0.2, 0.25) is 0 Å². The van der Waals surface area contributed by atoms with Crippen LogP contribution in [0.3, 0.4) is 0 Å². The zero-order valence-electron chi connectivity index (χ0n) is 31.7. The second-order valence-corrected chi connectivity index (χ2v) is 16.5. The fourth-order valence-electron chi connectivity index (χ4n) is 9.94. The Balaban J connectivity index is 0.995. The number of hydrogen-bond donors (Lipinski definition) is 0. The van der Waals surface area contributed by atoms with Crippen molar-refractivity contribution >= 4 is 49.4 Å². The maximum Gasteiger partial charge on any atom is 0.0503 e. The fraction of sp³-hybridized carbons (Fsp3) is 0.111. The molecule has 0 aromatic heterocycles. The van der Waals surface area contributed by atoms with Crippen LogP contribution in [0.25, 0.3) is 65.7 Å². The number of nitrogens with zero attached hydrogens (tertiary/aromatic N) is 1. The first-order chi connectivity index (χ1) is 26.8. The summed E-state index contributed by atoms with van der Waals surface area (Å²) in [4.78, 5) is 2.49. The summed E-state index contributed by atoms with van der Waals surface area (Å²) >= 11 is 0. The van der Waals surface area contributed by atoms with E-state index in [-0.39, 0.29) is 10.8 Å². The lowest BCUT2D eigenvalue weighted by Crippen LogP contribution is -2.30. The predicted octanol–water partition coefficient (Wildman–Crippen LogP) is 14.9. The van der Waals surface area contributed by atoms with Crippen LogP contribution in [-0.4, -0.2) is 0 Å². The summed E-state index contributed by atoms with van der Waals surface area (Å²) in [5.41, 5.74) is 16.6. The van der Waals surface area contributed by atoms with Crippen molar-refractivity contribution in [3.63, 3.8) is 0 Å². The molecule has 55 heavy (non-hydrogen) atoms. The average molecular weight is 704 g/mol. The van der Waals surface area contributed by atoms with Crippen molar-refractivity contribution in [1.29, 1.82) is 0 Å². The number of rotatable bonds is 3. The molecule has 1 heterocycles. The van der Waals surface area contributed by atoms with E-state index in [1.165, 1.54) is 105 Å². The lowest BCUT2D eigenvalue weighted by atomic mass is 9.72. The summed E-state index contributed by atoms with van der Waals surface area (Å²) in [7, 11) is 0. The Morgan fingerprint density at radius 3 is 1.47 bits per heavy atom. The summed E-state index contributed by atoms with van der Waals surface area (Å²) < 4.78 is 0. The van der Waals surface area contributed by atoms with Gasteiger partial charge in [0.05, 0.1) is 11.4 Å². The van der Waals surface area contributed by atoms with E-state index in [0.29, 0.717) is 0 Å². The summed E-state index contributed by atoms with van der Waals surface area (Å²) in [5.74, 6) is 0. The van der Waals surface area contributed by atoms with Gasteiger partial charge in [-0.05, 0) is 124 Å². The van der Waals surface area contributed by atoms with Gasteiger partial charge in [-0.3, -0.25) is 0 Å². The quantitative estimate of drug-likeness (QED) is 0.166. The third kappa shape index (κ3) is 4.60. The molecule has 2 aliphatic rings. The van der Waals surface area contributed by atoms with Gasteiger partial charge in [0.2, 0.25) is 0 Å². The highest BCUT2D eigenvalue weighted by Gasteiger charge is 2.39. The zero-order valence-corrected chi connectivity index (χ0v) is 31.7. The van der Waals surface area contributed by atoms with Gasteiger partial charge in [0.1, 0.15) is 0 Å². The van der Waals surface area contributed by atoms with Crippen LogP contribution in [0.15, 0.2) is 176 Å². The van der Waals surface area contributed by atoms with E-state index in [4.69, 9.17) is 0 Å². The highest BCUT2D eigenvalue weighted by molar-refractivity contribution is 6.25. The molecule has 11 rings (SSSR count). The second-order valence-electron chi connectivity index (χ2n) is 16.5. The lowest BCUT2D eigenvalue weighted by Gasteiger charge is -2.42. The smallest absolute Gasteiger partial charge is 0.0503 e. The third-order valence-electron chi connectivity index (χ3n) is 12.9. The van der Waals surface area contributed by atoms with E-state index in [1.54, 1.807) is 0 Å². The third-order valence-corrected chi connectivity index (χ3v) is 12.9. The van der Waals surface area contributed by atoms with E-state index in [2.05, 4.69) is 209 Å². The molecule has 1 aliphatic carbocycles. The molecule has 0 atom stereocenters. The lowest BCUT2D eigenvalue weighted by molar-refractivity contribution is 0.631. The van der Waals surface area contributed by atoms with Crippen LogP contribution >= 0.6 is 0 Å². The van der Waals surface area contributed by atoms with Crippen molar-refractivity contribution in [3.8, 4) is 33.4 Å². The van der Waals surface area contributed by atoms with Crippen molar-refractivity contribution in [2.45, 2.75) is 38.5 Å². The van der Waals surface area contributed by atoms with E-state index in [0.717, 1.165) is 0 Å². The molecule has 1 aliphatic heterocycles. The Bertz CT molecular complexity index is 3000. The summed E-state index contributed by atoms with van der Waals surface area (Å²) in [6.45, 7) is 9.49. The molecule has 1 heteroatoms. The Morgan fingerprint density at radius 2 is 0.782 bits per heavy atom. The normalized spacial score (nSPS) is 14.8. The fourth-order valence-corrected chi connectivity index (χ4v) is 9.94. The zero-order chi connectivity index (χ0) is 37.1. The van der Waals surface area contributed by atoms with Gasteiger partial charge in [-0.15, -0.1) is 0 Å². The summed E-state index contributed by atoms with van der Waals surface area (Å²) in [6, 6.07) is 65.8. The minimum Gasteiger partial charge on any atom is -0.310 e. The molecule has 9 aromatic rings. The SMILES string of the molecule is CC1(C)c2ccccc2-c2ccc(N3c4ccccc4C(C)(C)c4cc(-c5ccc(-c6ccc7c8ccccc8c8ccccc8c7c6)cc5)ccc43)cc21. The second kappa shape index (κ2) is 11.5. The van der Waals surface area contributed by atoms with Crippen molar-refractivity contribution in [2.75, 3.05) is 4.90 Å². The molecule has 0 saturated heterocycles. The number of para-hydroxylation sites is 1. The van der Waals surface area contributed by atoms with Gasteiger partial charge in [0, 0.05) is 16.5 Å². The van der Waals surface area contributed by atoms with E-state index < -0.39 is 0 Å². The number of fused-ring (bicyclic) bond motifs is 11. The minimum absolute atomic E-state index is 0.0651. The van der Waals surface area contributed by atoms with Gasteiger partial charge in [0.15, 0.2) is 0 Å². The monoisotopic (exact) mass is 703 g/mol. The van der Waals surface area contributed by atoms with Crippen LogP contribution < -0.4 is 4.90 Å². The van der Waals surface area contributed by atoms with Gasteiger partial charge >= 0.3 is 0 Å². The topological polar surface area (TPSA) is 3.24 Å². The number of anilines is 3. The van der Waals surface area contributed by atoms with Crippen molar-refractivity contribution in [1.82, 2.24) is 0 Å². The molecule has 0 spiro atoms. The summed E-state index contributed by atoms with van der Waals surface area (Å²) in [6.07, 6.45) is 0. The maximum absolute atomic E-state index is 2.49. The first-order valence-electron chi connectivity index (χ1n) is 19.5. The molecule has 0 N–H and O–H groups in total. The molecular formula is C54H41N. The molecule has 0 unspecified atom stereocenters. The van der Waals surface area contributed by atoms with Crippen molar-refractivity contribution < 1.29 is 0 Å². The van der Waals surface area contributed by atoms with Gasteiger partial charge in [-0.1, -0.05) is 167 Å². The van der Waals surface area contributed by atoms with Crippen molar-refractivity contribution in [3.05, 3.63) is 198 Å². The van der Waals surface area contributed by atoms with E-state index in [1.807, 2.05) is 0 Å². The molecule has 1 nitrogen and oxygen atoms in total. The van der Waals surface area contributed by atoms with Gasteiger partial charge < -0.3 is 4.90 Å². The standard InChI is InChI=1S/C54H41N/c1-53(2)47-18-10-9-17-44(47)45-29-27-38(33-49(45)53)55-51-20-12-11-19-48(51)54(3,4)50-32-37(26-30-52(50)55)35-23-21-34(22-24-35)36-25-28-43-41-15-6-5-13-39(41)40-14-7-8-16-42(40)46(43)31-36/h5-33H,1-4H3. The highest BCUT2D eigenvalue weighted by Crippen LogP contribution is 2.55. The Hall–Kier alpha value is -6.44. The van der Waals surface area contributed by atoms with Gasteiger partial charge in [-0.2, -0.15) is 0 Å². The van der Waals surface area contributed by atoms with Gasteiger partial charge in [-0.25, -0.2) is 0 Å². The molecule has 262 valence electrons.